The van der Waals surface area contributed by atoms with Gasteiger partial charge in [0.1, 0.15) is 0 Å². The number of hydrogen-bond acceptors (Lipinski definition) is 0. The minimum absolute atomic E-state index is 1.15. The average molecular weight is 635 g/mol. The van der Waals surface area contributed by atoms with Crippen LogP contribution in [-0.2, 0) is 0 Å². The van der Waals surface area contributed by atoms with E-state index in [-0.39, 0.29) is 0 Å². The molecule has 0 amide bonds. The molecule has 0 atom stereocenters. The van der Waals surface area contributed by atoms with E-state index in [1.54, 1.807) is 0 Å². The van der Waals surface area contributed by atoms with Crippen LogP contribution in [0.4, 0.5) is 0 Å². The van der Waals surface area contributed by atoms with Crippen molar-refractivity contribution in [1.29, 1.82) is 0 Å². The monoisotopic (exact) mass is 634 g/mol. The lowest BCUT2D eigenvalue weighted by atomic mass is 9.98. The molecule has 0 saturated heterocycles. The molecule has 2 nitrogen and oxygen atoms in total. The van der Waals surface area contributed by atoms with Crippen molar-refractivity contribution in [1.82, 2.24) is 9.13 Å². The van der Waals surface area contributed by atoms with E-state index >= 15 is 0 Å². The van der Waals surface area contributed by atoms with Crippen molar-refractivity contribution in [2.75, 3.05) is 0 Å². The molecule has 2 aromatic heterocycles. The number of nitrogens with zero attached hydrogens (tertiary/aromatic N) is 2. The molecule has 232 valence electrons. The van der Waals surface area contributed by atoms with Gasteiger partial charge in [-0.1, -0.05) is 140 Å². The Morgan fingerprint density at radius 3 is 1.70 bits per heavy atom. The Balaban J connectivity index is 1.23. The fourth-order valence-electron chi connectivity index (χ4n) is 8.46. The van der Waals surface area contributed by atoms with Crippen molar-refractivity contribution in [3.8, 4) is 22.5 Å². The van der Waals surface area contributed by atoms with Crippen LogP contribution >= 0.6 is 0 Å². The predicted octanol–water partition coefficient (Wildman–Crippen LogP) is 13.0. The van der Waals surface area contributed by atoms with Crippen LogP contribution < -0.4 is 0 Å². The number of para-hydroxylation sites is 1. The van der Waals surface area contributed by atoms with Gasteiger partial charge < -0.3 is 9.13 Å². The Hall–Kier alpha value is -6.64. The van der Waals surface area contributed by atoms with E-state index in [1.165, 1.54) is 92.7 Å². The first-order chi connectivity index (χ1) is 24.8. The number of aromatic nitrogens is 2. The number of hydrogen-bond donors (Lipinski definition) is 0. The zero-order valence-corrected chi connectivity index (χ0v) is 27.2. The molecule has 0 radical (unpaired) electrons. The summed E-state index contributed by atoms with van der Waals surface area (Å²) in [5, 5.41) is 12.6. The summed E-state index contributed by atoms with van der Waals surface area (Å²) in [6, 6.07) is 66.8. The van der Waals surface area contributed by atoms with E-state index in [2.05, 4.69) is 191 Å². The lowest BCUT2D eigenvalue weighted by Gasteiger charge is -2.13. The summed E-state index contributed by atoms with van der Waals surface area (Å²) in [5.41, 5.74) is 9.65. The highest BCUT2D eigenvalue weighted by Crippen LogP contribution is 2.43. The maximum atomic E-state index is 2.49. The summed E-state index contributed by atoms with van der Waals surface area (Å²) in [4.78, 5) is 0. The van der Waals surface area contributed by atoms with Crippen LogP contribution in [0.2, 0.25) is 0 Å². The molecule has 0 unspecified atom stereocenters. The molecule has 11 aromatic rings. The molecule has 50 heavy (non-hydrogen) atoms. The topological polar surface area (TPSA) is 9.86 Å². The lowest BCUT2D eigenvalue weighted by Crippen LogP contribution is -1.97. The smallest absolute Gasteiger partial charge is 0.0562 e. The van der Waals surface area contributed by atoms with Crippen molar-refractivity contribution in [2.24, 2.45) is 0 Å². The molecule has 2 heteroatoms. The van der Waals surface area contributed by atoms with Gasteiger partial charge in [0.15, 0.2) is 0 Å². The van der Waals surface area contributed by atoms with Crippen molar-refractivity contribution in [2.45, 2.75) is 0 Å². The summed E-state index contributed by atoms with van der Waals surface area (Å²) in [7, 11) is 0. The van der Waals surface area contributed by atoms with Gasteiger partial charge in [-0.2, -0.15) is 0 Å². The molecule has 0 spiro atoms. The summed E-state index contributed by atoms with van der Waals surface area (Å²) in [5.74, 6) is 0. The minimum atomic E-state index is 1.15. The lowest BCUT2D eigenvalue weighted by molar-refractivity contribution is 1.17. The second-order valence-corrected chi connectivity index (χ2v) is 13.3. The third-order valence-electron chi connectivity index (χ3n) is 10.7. The molecular weight excluding hydrogens is 605 g/mol. The van der Waals surface area contributed by atoms with Gasteiger partial charge in [-0.05, 0) is 80.5 Å². The van der Waals surface area contributed by atoms with Crippen molar-refractivity contribution in [3.05, 3.63) is 182 Å². The Labute approximate surface area is 288 Å². The van der Waals surface area contributed by atoms with Gasteiger partial charge in [-0.25, -0.2) is 0 Å². The van der Waals surface area contributed by atoms with E-state index < -0.39 is 0 Å². The van der Waals surface area contributed by atoms with E-state index in [0.29, 0.717) is 0 Å². The Morgan fingerprint density at radius 2 is 0.900 bits per heavy atom. The molecule has 0 bridgehead atoms. The van der Waals surface area contributed by atoms with Gasteiger partial charge in [0.05, 0.1) is 27.8 Å². The molecular formula is C48H30N2. The minimum Gasteiger partial charge on any atom is -0.309 e. The van der Waals surface area contributed by atoms with Gasteiger partial charge in [0.25, 0.3) is 0 Å². The fraction of sp³-hybridized carbons (Fsp3) is 0. The first kappa shape index (κ1) is 27.3. The van der Waals surface area contributed by atoms with Gasteiger partial charge in [-0.3, -0.25) is 0 Å². The molecule has 0 fully saturated rings. The Kier molecular flexibility index (Phi) is 5.70. The normalized spacial score (nSPS) is 12.0. The molecule has 0 aliphatic rings. The highest BCUT2D eigenvalue weighted by atomic mass is 15.0. The molecule has 0 N–H and O–H groups in total. The molecule has 0 aliphatic carbocycles. The summed E-state index contributed by atoms with van der Waals surface area (Å²) < 4.78 is 4.94. The van der Waals surface area contributed by atoms with Gasteiger partial charge in [0, 0.05) is 32.6 Å². The molecule has 2 heterocycles. The second-order valence-electron chi connectivity index (χ2n) is 13.3. The third kappa shape index (κ3) is 3.85. The standard InChI is InChI=1S/C48H30N2/c1-4-16-36-31(11-1)14-9-20-37(36)34-23-26-35(27-24-34)49-44-21-8-7-19-40(44)41-29-42-47(30-46(41)49)50(43-22-10-15-32-12-2-5-17-38(32)43)45-28-25-33-13-3-6-18-39(33)48(42)45/h1-30H. The molecule has 11 rings (SSSR count). The van der Waals surface area contributed by atoms with E-state index in [9.17, 15) is 0 Å². The number of fused-ring (bicyclic) bond motifs is 10. The number of rotatable bonds is 3. The second kappa shape index (κ2) is 10.4. The van der Waals surface area contributed by atoms with Crippen LogP contribution in [-0.4, -0.2) is 9.13 Å². The SMILES string of the molecule is c1ccc2c(-c3ccc(-n4c5ccccc5c5cc6c7c8ccccc8ccc7n(-c7cccc8ccccc78)c6cc54)cc3)cccc2c1. The van der Waals surface area contributed by atoms with Crippen LogP contribution in [0, 0.1) is 0 Å². The first-order valence-electron chi connectivity index (χ1n) is 17.3. The summed E-state index contributed by atoms with van der Waals surface area (Å²) in [6.07, 6.45) is 0. The zero-order chi connectivity index (χ0) is 32.8. The third-order valence-corrected chi connectivity index (χ3v) is 10.7. The van der Waals surface area contributed by atoms with Crippen LogP contribution in [0.25, 0.3) is 98.4 Å². The highest BCUT2D eigenvalue weighted by Gasteiger charge is 2.20. The van der Waals surface area contributed by atoms with Crippen molar-refractivity contribution < 1.29 is 0 Å². The van der Waals surface area contributed by atoms with Gasteiger partial charge in [-0.15, -0.1) is 0 Å². The molecule has 0 aliphatic heterocycles. The largest absolute Gasteiger partial charge is 0.309 e. The van der Waals surface area contributed by atoms with Crippen LogP contribution in [0.5, 0.6) is 0 Å². The molecule has 0 saturated carbocycles. The fourth-order valence-corrected chi connectivity index (χ4v) is 8.46. The summed E-state index contributed by atoms with van der Waals surface area (Å²) in [6.45, 7) is 0. The number of benzene rings is 9. The van der Waals surface area contributed by atoms with Crippen LogP contribution in [0.1, 0.15) is 0 Å². The van der Waals surface area contributed by atoms with E-state index in [0.717, 1.165) is 5.69 Å². The van der Waals surface area contributed by atoms with Crippen molar-refractivity contribution in [3.63, 3.8) is 0 Å². The zero-order valence-electron chi connectivity index (χ0n) is 27.2. The van der Waals surface area contributed by atoms with Gasteiger partial charge in [0.2, 0.25) is 0 Å². The summed E-state index contributed by atoms with van der Waals surface area (Å²) >= 11 is 0. The van der Waals surface area contributed by atoms with Crippen LogP contribution in [0.15, 0.2) is 182 Å². The first-order valence-corrected chi connectivity index (χ1v) is 17.3. The quantitative estimate of drug-likeness (QED) is 0.183. The average Bonchev–Trinajstić information content (AvgIpc) is 3.68. The molecule has 9 aromatic carbocycles. The Bertz CT molecular complexity index is 3130. The maximum Gasteiger partial charge on any atom is 0.0562 e. The highest BCUT2D eigenvalue weighted by molar-refractivity contribution is 6.25. The van der Waals surface area contributed by atoms with E-state index in [1.807, 2.05) is 0 Å². The predicted molar refractivity (Wildman–Crippen MR) is 213 cm³/mol. The maximum absolute atomic E-state index is 2.49. The van der Waals surface area contributed by atoms with Gasteiger partial charge >= 0.3 is 0 Å². The Morgan fingerprint density at radius 1 is 0.300 bits per heavy atom. The van der Waals surface area contributed by atoms with E-state index in [4.69, 9.17) is 0 Å². The van der Waals surface area contributed by atoms with Crippen molar-refractivity contribution >= 4 is 75.9 Å². The van der Waals surface area contributed by atoms with Crippen LogP contribution in [0.3, 0.4) is 0 Å².